The highest BCUT2D eigenvalue weighted by molar-refractivity contribution is 5.96. The van der Waals surface area contributed by atoms with Crippen LogP contribution in [-0.2, 0) is 4.74 Å². The molecule has 112 valence electrons. The van der Waals surface area contributed by atoms with Gasteiger partial charge >= 0.3 is 5.97 Å². The number of carbonyl (C=O) groups is 1. The van der Waals surface area contributed by atoms with Crippen molar-refractivity contribution in [2.75, 3.05) is 51.5 Å². The van der Waals surface area contributed by atoms with Gasteiger partial charge in [0, 0.05) is 31.0 Å². The minimum Gasteiger partial charge on any atom is -0.465 e. The highest BCUT2D eigenvalue weighted by atomic mass is 16.5. The molecule has 0 atom stereocenters. The smallest absolute Gasteiger partial charge is 0.340 e. The molecule has 1 aromatic carbocycles. The van der Waals surface area contributed by atoms with Crippen molar-refractivity contribution < 1.29 is 9.53 Å². The largest absolute Gasteiger partial charge is 0.465 e. The highest BCUT2D eigenvalue weighted by Crippen LogP contribution is 2.22. The number of ether oxygens (including phenoxy) is 1. The third kappa shape index (κ3) is 4.42. The Balaban J connectivity index is 2.98. The van der Waals surface area contributed by atoms with E-state index in [2.05, 4.69) is 16.7 Å². The summed E-state index contributed by atoms with van der Waals surface area (Å²) in [7, 11) is 5.46. The Morgan fingerprint density at radius 1 is 1.25 bits per heavy atom. The van der Waals surface area contributed by atoms with Crippen molar-refractivity contribution in [2.45, 2.75) is 13.3 Å². The van der Waals surface area contributed by atoms with Gasteiger partial charge in [0.25, 0.3) is 0 Å². The molecule has 0 bridgehead atoms. The quantitative estimate of drug-likeness (QED) is 0.609. The lowest BCUT2D eigenvalue weighted by Crippen LogP contribution is -2.32. The van der Waals surface area contributed by atoms with Crippen LogP contribution < -0.4 is 10.6 Å². The predicted molar refractivity (Wildman–Crippen MR) is 83.3 cm³/mol. The Morgan fingerprint density at radius 3 is 2.50 bits per heavy atom. The maximum Gasteiger partial charge on any atom is 0.340 e. The molecule has 0 radical (unpaired) electrons. The van der Waals surface area contributed by atoms with E-state index in [4.69, 9.17) is 10.5 Å². The van der Waals surface area contributed by atoms with Crippen LogP contribution in [0.25, 0.3) is 0 Å². The van der Waals surface area contributed by atoms with Crippen LogP contribution in [0.15, 0.2) is 18.2 Å². The summed E-state index contributed by atoms with van der Waals surface area (Å²) in [5.74, 6) is -0.395. The molecule has 0 aliphatic heterocycles. The average molecular weight is 279 g/mol. The van der Waals surface area contributed by atoms with Gasteiger partial charge in [-0.05, 0) is 38.7 Å². The van der Waals surface area contributed by atoms with E-state index >= 15 is 0 Å². The van der Waals surface area contributed by atoms with Crippen molar-refractivity contribution in [3.63, 3.8) is 0 Å². The third-order valence-corrected chi connectivity index (χ3v) is 3.12. The van der Waals surface area contributed by atoms with Crippen LogP contribution >= 0.6 is 0 Å². The molecule has 1 aromatic rings. The van der Waals surface area contributed by atoms with E-state index in [0.717, 1.165) is 31.7 Å². The number of carbonyl (C=O) groups excluding carboxylic acids is 1. The summed E-state index contributed by atoms with van der Waals surface area (Å²) in [6.07, 6.45) is 1.05. The summed E-state index contributed by atoms with van der Waals surface area (Å²) in [5.41, 5.74) is 7.71. The first-order valence-corrected chi connectivity index (χ1v) is 6.87. The molecule has 0 saturated carbocycles. The van der Waals surface area contributed by atoms with Gasteiger partial charge < -0.3 is 20.3 Å². The third-order valence-electron chi connectivity index (χ3n) is 3.12. The SMILES string of the molecule is CCCN(CCN(C)C)c1ccc(N)c(C(=O)OC)c1. The van der Waals surface area contributed by atoms with Crippen LogP contribution in [0, 0.1) is 0 Å². The first kappa shape index (κ1) is 16.3. The number of likely N-dealkylation sites (N-methyl/N-ethyl adjacent to an activating group) is 1. The zero-order valence-electron chi connectivity index (χ0n) is 12.8. The van der Waals surface area contributed by atoms with Crippen LogP contribution in [0.3, 0.4) is 0 Å². The Hall–Kier alpha value is -1.75. The fraction of sp³-hybridized carbons (Fsp3) is 0.533. The molecule has 0 aliphatic carbocycles. The number of nitrogens with zero attached hydrogens (tertiary/aromatic N) is 2. The molecule has 0 fully saturated rings. The molecule has 2 N–H and O–H groups in total. The van der Waals surface area contributed by atoms with Crippen molar-refractivity contribution in [2.24, 2.45) is 0 Å². The van der Waals surface area contributed by atoms with Gasteiger partial charge in [-0.1, -0.05) is 6.92 Å². The van der Waals surface area contributed by atoms with E-state index in [0.29, 0.717) is 11.3 Å². The molecule has 0 aliphatic rings. The summed E-state index contributed by atoms with van der Waals surface area (Å²) >= 11 is 0. The highest BCUT2D eigenvalue weighted by Gasteiger charge is 2.13. The first-order chi connectivity index (χ1) is 9.49. The summed E-state index contributed by atoms with van der Waals surface area (Å²) in [4.78, 5) is 16.1. The first-order valence-electron chi connectivity index (χ1n) is 6.87. The number of hydrogen-bond acceptors (Lipinski definition) is 5. The van der Waals surface area contributed by atoms with E-state index < -0.39 is 5.97 Å². The predicted octanol–water partition coefficient (Wildman–Crippen LogP) is 1.83. The number of nitrogens with two attached hydrogens (primary N) is 1. The van der Waals surface area contributed by atoms with Gasteiger partial charge in [0.15, 0.2) is 0 Å². The summed E-state index contributed by atoms with van der Waals surface area (Å²) in [6.45, 7) is 4.95. The lowest BCUT2D eigenvalue weighted by molar-refractivity contribution is 0.0602. The second kappa shape index (κ2) is 7.75. The standard InChI is InChI=1S/C15H25N3O2/c1-5-8-18(10-9-17(2)3)12-6-7-14(16)13(11-12)15(19)20-4/h6-7,11H,5,8-10,16H2,1-4H3. The van der Waals surface area contributed by atoms with Crippen LogP contribution in [-0.4, -0.2) is 51.7 Å². The van der Waals surface area contributed by atoms with Crippen molar-refractivity contribution >= 4 is 17.3 Å². The average Bonchev–Trinajstić information content (AvgIpc) is 2.43. The molecule has 0 unspecified atom stereocenters. The van der Waals surface area contributed by atoms with Crippen molar-refractivity contribution in [3.8, 4) is 0 Å². The maximum absolute atomic E-state index is 11.7. The van der Waals surface area contributed by atoms with Gasteiger partial charge in [-0.15, -0.1) is 0 Å². The summed E-state index contributed by atoms with van der Waals surface area (Å²) in [6, 6.07) is 5.53. The molecule has 5 nitrogen and oxygen atoms in total. The van der Waals surface area contributed by atoms with Crippen molar-refractivity contribution in [3.05, 3.63) is 23.8 Å². The molecule has 0 aromatic heterocycles. The lowest BCUT2D eigenvalue weighted by atomic mass is 10.1. The topological polar surface area (TPSA) is 58.8 Å². The molecule has 0 saturated heterocycles. The normalized spacial score (nSPS) is 10.7. The van der Waals surface area contributed by atoms with E-state index in [9.17, 15) is 4.79 Å². The van der Waals surface area contributed by atoms with Crippen LogP contribution in [0.2, 0.25) is 0 Å². The Labute approximate surface area is 121 Å². The molecule has 0 amide bonds. The second-order valence-corrected chi connectivity index (χ2v) is 5.05. The van der Waals surface area contributed by atoms with Gasteiger partial charge in [0.05, 0.1) is 12.7 Å². The van der Waals surface area contributed by atoms with E-state index in [1.807, 2.05) is 26.2 Å². The molecular weight excluding hydrogens is 254 g/mol. The number of rotatable bonds is 7. The summed E-state index contributed by atoms with van der Waals surface area (Å²) in [5, 5.41) is 0. The fourth-order valence-electron chi connectivity index (χ4n) is 1.99. The Kier molecular flexibility index (Phi) is 6.31. The number of benzene rings is 1. The van der Waals surface area contributed by atoms with Crippen LogP contribution in [0.5, 0.6) is 0 Å². The fourth-order valence-corrected chi connectivity index (χ4v) is 1.99. The van der Waals surface area contributed by atoms with Gasteiger partial charge in [-0.2, -0.15) is 0 Å². The number of methoxy groups -OCH3 is 1. The van der Waals surface area contributed by atoms with E-state index in [1.165, 1.54) is 7.11 Å². The second-order valence-electron chi connectivity index (χ2n) is 5.05. The zero-order chi connectivity index (χ0) is 15.1. The van der Waals surface area contributed by atoms with Gasteiger partial charge in [-0.3, -0.25) is 0 Å². The minimum atomic E-state index is -0.395. The molecule has 20 heavy (non-hydrogen) atoms. The molecule has 5 heteroatoms. The number of hydrogen-bond donors (Lipinski definition) is 1. The van der Waals surface area contributed by atoms with Gasteiger partial charge in [-0.25, -0.2) is 4.79 Å². The molecule has 1 rings (SSSR count). The van der Waals surface area contributed by atoms with E-state index in [-0.39, 0.29) is 0 Å². The number of nitrogen functional groups attached to an aromatic ring is 1. The van der Waals surface area contributed by atoms with Crippen molar-refractivity contribution in [1.29, 1.82) is 0 Å². The minimum absolute atomic E-state index is 0.395. The Bertz CT molecular complexity index is 447. The number of anilines is 2. The molecule has 0 spiro atoms. The molecular formula is C15H25N3O2. The zero-order valence-corrected chi connectivity index (χ0v) is 12.8. The Morgan fingerprint density at radius 2 is 1.95 bits per heavy atom. The molecule has 0 heterocycles. The van der Waals surface area contributed by atoms with Crippen molar-refractivity contribution in [1.82, 2.24) is 4.90 Å². The number of esters is 1. The van der Waals surface area contributed by atoms with Gasteiger partial charge in [0.2, 0.25) is 0 Å². The van der Waals surface area contributed by atoms with Crippen LogP contribution in [0.4, 0.5) is 11.4 Å². The maximum atomic E-state index is 11.7. The monoisotopic (exact) mass is 279 g/mol. The summed E-state index contributed by atoms with van der Waals surface area (Å²) < 4.78 is 4.76. The van der Waals surface area contributed by atoms with Crippen LogP contribution in [0.1, 0.15) is 23.7 Å². The van der Waals surface area contributed by atoms with Gasteiger partial charge in [0.1, 0.15) is 0 Å². The lowest BCUT2D eigenvalue weighted by Gasteiger charge is -2.26. The van der Waals surface area contributed by atoms with E-state index in [1.54, 1.807) is 6.07 Å².